The lowest BCUT2D eigenvalue weighted by molar-refractivity contribution is -0.147. The molecule has 0 saturated carbocycles. The number of carboxylic acid groups (broad SMARTS) is 2. The molecule has 0 aromatic heterocycles. The molecule has 0 radical (unpaired) electrons. The molecule has 24 heavy (non-hydrogen) atoms. The summed E-state index contributed by atoms with van der Waals surface area (Å²) in [5.74, 6) is -4.35. The molecule has 1 rings (SSSR count). The van der Waals surface area contributed by atoms with Crippen molar-refractivity contribution in [1.82, 2.24) is 10.6 Å². The zero-order chi connectivity index (χ0) is 18.3. The molecule has 0 heterocycles. The Morgan fingerprint density at radius 2 is 1.58 bits per heavy atom. The van der Waals surface area contributed by atoms with Crippen molar-refractivity contribution in [3.63, 3.8) is 0 Å². The van der Waals surface area contributed by atoms with Crippen LogP contribution in [0.25, 0.3) is 0 Å². The number of carbonyl (C=O) groups excluding carboxylic acids is 2. The molecule has 0 spiro atoms. The molecule has 0 unspecified atom stereocenters. The summed E-state index contributed by atoms with van der Waals surface area (Å²) in [6.45, 7) is 3.37. The molecule has 0 saturated heterocycles. The van der Waals surface area contributed by atoms with Gasteiger partial charge in [0, 0.05) is 5.56 Å². The van der Waals surface area contributed by atoms with Crippen LogP contribution in [0.2, 0.25) is 0 Å². The summed E-state index contributed by atoms with van der Waals surface area (Å²) in [7, 11) is 0. The predicted molar refractivity (Wildman–Crippen MR) is 84.4 cm³/mol. The minimum absolute atomic E-state index is 0.322. The topological polar surface area (TPSA) is 133 Å². The highest BCUT2D eigenvalue weighted by Crippen LogP contribution is 2.06. The van der Waals surface area contributed by atoms with Gasteiger partial charge in [-0.1, -0.05) is 32.0 Å². The van der Waals surface area contributed by atoms with Crippen molar-refractivity contribution in [3.8, 4) is 0 Å². The summed E-state index contributed by atoms with van der Waals surface area (Å²) in [6.07, 6.45) is -0.751. The van der Waals surface area contributed by atoms with Crippen LogP contribution in [0.1, 0.15) is 30.6 Å². The van der Waals surface area contributed by atoms with Gasteiger partial charge in [0.1, 0.15) is 12.1 Å². The van der Waals surface area contributed by atoms with E-state index in [1.54, 1.807) is 44.2 Å². The van der Waals surface area contributed by atoms with Crippen LogP contribution in [0.4, 0.5) is 0 Å². The van der Waals surface area contributed by atoms with Crippen molar-refractivity contribution in [3.05, 3.63) is 35.9 Å². The van der Waals surface area contributed by atoms with E-state index in [9.17, 15) is 19.2 Å². The van der Waals surface area contributed by atoms with Crippen molar-refractivity contribution in [2.75, 3.05) is 0 Å². The van der Waals surface area contributed by atoms with E-state index in [2.05, 4.69) is 10.6 Å². The van der Waals surface area contributed by atoms with Gasteiger partial charge < -0.3 is 20.8 Å². The molecule has 0 fully saturated rings. The highest BCUT2D eigenvalue weighted by Gasteiger charge is 2.30. The summed E-state index contributed by atoms with van der Waals surface area (Å²) in [4.78, 5) is 46.1. The molecule has 2 amide bonds. The third-order valence-corrected chi connectivity index (χ3v) is 3.27. The summed E-state index contributed by atoms with van der Waals surface area (Å²) >= 11 is 0. The highest BCUT2D eigenvalue weighted by molar-refractivity contribution is 5.98. The third-order valence-electron chi connectivity index (χ3n) is 3.27. The van der Waals surface area contributed by atoms with E-state index in [0.717, 1.165) is 0 Å². The highest BCUT2D eigenvalue weighted by atomic mass is 16.4. The molecule has 1 aromatic rings. The van der Waals surface area contributed by atoms with E-state index >= 15 is 0 Å². The lowest BCUT2D eigenvalue weighted by Crippen LogP contribution is -2.54. The first-order chi connectivity index (χ1) is 11.2. The van der Waals surface area contributed by atoms with E-state index in [1.165, 1.54) is 0 Å². The monoisotopic (exact) mass is 336 g/mol. The second-order valence-electron chi connectivity index (χ2n) is 5.56. The second-order valence-corrected chi connectivity index (χ2v) is 5.56. The first-order valence-corrected chi connectivity index (χ1v) is 7.33. The molecule has 2 atom stereocenters. The smallest absolute Gasteiger partial charge is 0.326 e. The van der Waals surface area contributed by atoms with Crippen molar-refractivity contribution < 1.29 is 29.4 Å². The fraction of sp³-hybridized carbons (Fsp3) is 0.375. The average molecular weight is 336 g/mol. The van der Waals surface area contributed by atoms with Crippen molar-refractivity contribution >= 4 is 23.8 Å². The number of carbonyl (C=O) groups is 4. The molecule has 0 aliphatic carbocycles. The maximum absolute atomic E-state index is 12.3. The number of amides is 2. The van der Waals surface area contributed by atoms with Gasteiger partial charge in [0.05, 0.1) is 6.42 Å². The van der Waals surface area contributed by atoms with Crippen LogP contribution in [-0.2, 0) is 14.4 Å². The van der Waals surface area contributed by atoms with Crippen molar-refractivity contribution in [2.45, 2.75) is 32.4 Å². The minimum Gasteiger partial charge on any atom is -0.481 e. The normalized spacial score (nSPS) is 13.0. The Morgan fingerprint density at radius 3 is 2.04 bits per heavy atom. The first kappa shape index (κ1) is 19.1. The Labute approximate surface area is 138 Å². The molecule has 4 N–H and O–H groups in total. The van der Waals surface area contributed by atoms with Gasteiger partial charge in [-0.3, -0.25) is 14.4 Å². The number of benzene rings is 1. The Bertz CT molecular complexity index is 614. The molecule has 0 aliphatic heterocycles. The van der Waals surface area contributed by atoms with E-state index in [1.807, 2.05) is 0 Å². The molecule has 8 nitrogen and oxygen atoms in total. The fourth-order valence-corrected chi connectivity index (χ4v) is 1.99. The predicted octanol–water partition coefficient (Wildman–Crippen LogP) is 0.485. The molecular weight excluding hydrogens is 316 g/mol. The first-order valence-electron chi connectivity index (χ1n) is 7.33. The lowest BCUT2D eigenvalue weighted by Gasteiger charge is -2.23. The van der Waals surface area contributed by atoms with Gasteiger partial charge in [-0.15, -0.1) is 0 Å². The third kappa shape index (κ3) is 5.71. The van der Waals surface area contributed by atoms with Crippen molar-refractivity contribution in [2.24, 2.45) is 5.92 Å². The molecular formula is C16H20N2O6. The largest absolute Gasteiger partial charge is 0.481 e. The van der Waals surface area contributed by atoms with Crippen LogP contribution in [0.5, 0.6) is 0 Å². The lowest BCUT2D eigenvalue weighted by atomic mass is 10.0. The van der Waals surface area contributed by atoms with E-state index in [0.29, 0.717) is 5.56 Å². The Kier molecular flexibility index (Phi) is 6.91. The zero-order valence-electron chi connectivity index (χ0n) is 13.4. The molecule has 0 bridgehead atoms. The van der Waals surface area contributed by atoms with Crippen LogP contribution in [-0.4, -0.2) is 46.0 Å². The second kappa shape index (κ2) is 8.66. The summed E-state index contributed by atoms with van der Waals surface area (Å²) in [6, 6.07) is 5.69. The zero-order valence-corrected chi connectivity index (χ0v) is 13.4. The van der Waals surface area contributed by atoms with E-state index < -0.39 is 42.3 Å². The van der Waals surface area contributed by atoms with E-state index in [4.69, 9.17) is 10.2 Å². The maximum atomic E-state index is 12.3. The SMILES string of the molecule is CC(C)[C@H](NC(=O)c1ccccc1)C(=O)N[C@@H](CC(=O)O)C(=O)O. The van der Waals surface area contributed by atoms with Crippen LogP contribution in [0, 0.1) is 5.92 Å². The fourth-order valence-electron chi connectivity index (χ4n) is 1.99. The van der Waals surface area contributed by atoms with E-state index in [-0.39, 0.29) is 5.92 Å². The number of rotatable bonds is 8. The maximum Gasteiger partial charge on any atom is 0.326 e. The van der Waals surface area contributed by atoms with Crippen LogP contribution in [0.15, 0.2) is 30.3 Å². The number of hydrogen-bond donors (Lipinski definition) is 4. The van der Waals surface area contributed by atoms with Gasteiger partial charge in [0.15, 0.2) is 0 Å². The summed E-state index contributed by atoms with van der Waals surface area (Å²) in [5.41, 5.74) is 0.358. The Morgan fingerprint density at radius 1 is 1.00 bits per heavy atom. The van der Waals surface area contributed by atoms with Gasteiger partial charge in [-0.2, -0.15) is 0 Å². The van der Waals surface area contributed by atoms with Gasteiger partial charge in [0.2, 0.25) is 5.91 Å². The standard InChI is InChI=1S/C16H20N2O6/c1-9(2)13(18-14(21)10-6-4-3-5-7-10)15(22)17-11(16(23)24)8-12(19)20/h3-7,9,11,13H,8H2,1-2H3,(H,17,22)(H,18,21)(H,19,20)(H,23,24)/t11-,13-/m0/s1. The number of aliphatic carboxylic acids is 2. The molecule has 130 valence electrons. The summed E-state index contributed by atoms with van der Waals surface area (Å²) < 4.78 is 0. The Balaban J connectivity index is 2.83. The van der Waals surface area contributed by atoms with Crippen LogP contribution < -0.4 is 10.6 Å². The molecule has 1 aromatic carbocycles. The molecule has 8 heteroatoms. The number of carboxylic acids is 2. The number of nitrogens with one attached hydrogen (secondary N) is 2. The quantitative estimate of drug-likeness (QED) is 0.546. The van der Waals surface area contributed by atoms with Gasteiger partial charge in [-0.25, -0.2) is 4.79 Å². The van der Waals surface area contributed by atoms with Gasteiger partial charge in [-0.05, 0) is 18.1 Å². The number of hydrogen-bond acceptors (Lipinski definition) is 4. The average Bonchev–Trinajstić information content (AvgIpc) is 2.51. The van der Waals surface area contributed by atoms with Crippen LogP contribution >= 0.6 is 0 Å². The minimum atomic E-state index is -1.56. The Hall–Kier alpha value is -2.90. The van der Waals surface area contributed by atoms with Gasteiger partial charge in [0.25, 0.3) is 5.91 Å². The van der Waals surface area contributed by atoms with Crippen LogP contribution in [0.3, 0.4) is 0 Å². The van der Waals surface area contributed by atoms with Crippen molar-refractivity contribution in [1.29, 1.82) is 0 Å². The molecule has 0 aliphatic rings. The summed E-state index contributed by atoms with van der Waals surface area (Å²) in [5, 5.41) is 22.4. The van der Waals surface area contributed by atoms with Gasteiger partial charge >= 0.3 is 11.9 Å².